The van der Waals surface area contributed by atoms with Gasteiger partial charge < -0.3 is 9.80 Å². The minimum Gasteiger partial charge on any atom is -0.342 e. The molecule has 2 amide bonds. The van der Waals surface area contributed by atoms with Crippen LogP contribution in [0.4, 0.5) is 0 Å². The van der Waals surface area contributed by atoms with Crippen LogP contribution in [0.25, 0.3) is 0 Å². The van der Waals surface area contributed by atoms with E-state index in [9.17, 15) is 9.59 Å². The van der Waals surface area contributed by atoms with Gasteiger partial charge in [0.05, 0.1) is 0 Å². The molecule has 0 spiro atoms. The van der Waals surface area contributed by atoms with Crippen LogP contribution >= 0.6 is 0 Å². The predicted octanol–water partition coefficient (Wildman–Crippen LogP) is 3.32. The largest absolute Gasteiger partial charge is 0.342 e. The van der Waals surface area contributed by atoms with Gasteiger partial charge in [0.15, 0.2) is 0 Å². The third-order valence-electron chi connectivity index (χ3n) is 4.20. The maximum absolute atomic E-state index is 13.1. The molecular weight excluding hydrogens is 288 g/mol. The van der Waals surface area contributed by atoms with E-state index in [1.807, 2.05) is 58.0 Å². The first-order valence-corrected chi connectivity index (χ1v) is 8.40. The van der Waals surface area contributed by atoms with Gasteiger partial charge in [0, 0.05) is 25.7 Å². The number of benzene rings is 1. The van der Waals surface area contributed by atoms with Crippen LogP contribution in [0.1, 0.15) is 47.1 Å². The molecule has 0 aliphatic rings. The zero-order valence-corrected chi connectivity index (χ0v) is 15.3. The Morgan fingerprint density at radius 1 is 1.00 bits per heavy atom. The summed E-state index contributed by atoms with van der Waals surface area (Å²) in [7, 11) is 0. The van der Waals surface area contributed by atoms with E-state index in [0.29, 0.717) is 19.6 Å². The van der Waals surface area contributed by atoms with Crippen molar-refractivity contribution >= 4 is 11.8 Å². The van der Waals surface area contributed by atoms with Crippen molar-refractivity contribution in [2.45, 2.75) is 54.1 Å². The van der Waals surface area contributed by atoms with E-state index in [4.69, 9.17) is 0 Å². The second-order valence-corrected chi connectivity index (χ2v) is 6.61. The third kappa shape index (κ3) is 4.57. The molecule has 0 atom stereocenters. The van der Waals surface area contributed by atoms with Gasteiger partial charge in [0.1, 0.15) is 5.41 Å². The van der Waals surface area contributed by atoms with E-state index in [0.717, 1.165) is 5.56 Å². The Labute approximate surface area is 140 Å². The number of amides is 2. The van der Waals surface area contributed by atoms with Crippen LogP contribution in [-0.2, 0) is 16.1 Å². The average Bonchev–Trinajstić information content (AvgIpc) is 2.53. The second kappa shape index (κ2) is 8.14. The molecule has 23 heavy (non-hydrogen) atoms. The van der Waals surface area contributed by atoms with Gasteiger partial charge in [-0.05, 0) is 47.1 Å². The average molecular weight is 318 g/mol. The lowest BCUT2D eigenvalue weighted by atomic mass is 9.88. The van der Waals surface area contributed by atoms with Crippen molar-refractivity contribution in [2.24, 2.45) is 5.41 Å². The molecule has 4 nitrogen and oxygen atoms in total. The van der Waals surface area contributed by atoms with Crippen LogP contribution in [0.15, 0.2) is 30.3 Å². The van der Waals surface area contributed by atoms with Crippen molar-refractivity contribution in [1.82, 2.24) is 9.80 Å². The SMILES string of the molecule is CCN(CC)C(=O)C(C)(C)C(=O)N(Cc1ccccc1)C(C)C. The zero-order chi connectivity index (χ0) is 17.6. The van der Waals surface area contributed by atoms with Crippen molar-refractivity contribution < 1.29 is 9.59 Å². The molecule has 0 saturated carbocycles. The minimum atomic E-state index is -1.05. The lowest BCUT2D eigenvalue weighted by Crippen LogP contribution is -2.52. The fourth-order valence-corrected chi connectivity index (χ4v) is 2.63. The van der Waals surface area contributed by atoms with E-state index in [1.165, 1.54) is 0 Å². The summed E-state index contributed by atoms with van der Waals surface area (Å²) >= 11 is 0. The van der Waals surface area contributed by atoms with Gasteiger partial charge in [-0.2, -0.15) is 0 Å². The van der Waals surface area contributed by atoms with E-state index in [2.05, 4.69) is 0 Å². The lowest BCUT2D eigenvalue weighted by Gasteiger charge is -2.36. The van der Waals surface area contributed by atoms with Gasteiger partial charge in [-0.3, -0.25) is 9.59 Å². The Kier molecular flexibility index (Phi) is 6.79. The maximum atomic E-state index is 13.1. The minimum absolute atomic E-state index is 0.0338. The molecule has 0 radical (unpaired) electrons. The Hall–Kier alpha value is -1.84. The summed E-state index contributed by atoms with van der Waals surface area (Å²) < 4.78 is 0. The molecule has 1 rings (SSSR count). The van der Waals surface area contributed by atoms with Gasteiger partial charge in [0.25, 0.3) is 0 Å². The summed E-state index contributed by atoms with van der Waals surface area (Å²) in [4.78, 5) is 29.3. The Morgan fingerprint density at radius 3 is 1.96 bits per heavy atom. The Balaban J connectivity index is 3.02. The second-order valence-electron chi connectivity index (χ2n) is 6.61. The number of nitrogens with zero attached hydrogens (tertiary/aromatic N) is 2. The highest BCUT2D eigenvalue weighted by molar-refractivity contribution is 6.04. The highest BCUT2D eigenvalue weighted by Gasteiger charge is 2.41. The standard InChI is InChI=1S/C19H30N2O2/c1-7-20(8-2)17(22)19(5,6)18(23)21(15(3)4)14-16-12-10-9-11-13-16/h9-13,15H,7-8,14H2,1-6H3. The van der Waals surface area contributed by atoms with E-state index in [-0.39, 0.29) is 17.9 Å². The number of carbonyl (C=O) groups is 2. The Morgan fingerprint density at radius 2 is 1.52 bits per heavy atom. The van der Waals surface area contributed by atoms with E-state index < -0.39 is 5.41 Å². The summed E-state index contributed by atoms with van der Waals surface area (Å²) in [6.45, 7) is 13.1. The van der Waals surface area contributed by atoms with Gasteiger partial charge >= 0.3 is 0 Å². The van der Waals surface area contributed by atoms with Crippen molar-refractivity contribution in [2.75, 3.05) is 13.1 Å². The molecule has 1 aromatic carbocycles. The van der Waals surface area contributed by atoms with Crippen LogP contribution in [-0.4, -0.2) is 40.7 Å². The van der Waals surface area contributed by atoms with Crippen molar-refractivity contribution in [3.63, 3.8) is 0 Å². The molecule has 0 unspecified atom stereocenters. The highest BCUT2D eigenvalue weighted by atomic mass is 16.2. The molecule has 0 saturated heterocycles. The lowest BCUT2D eigenvalue weighted by molar-refractivity contribution is -0.155. The highest BCUT2D eigenvalue weighted by Crippen LogP contribution is 2.25. The fourth-order valence-electron chi connectivity index (χ4n) is 2.63. The molecule has 0 aromatic heterocycles. The molecular formula is C19H30N2O2. The predicted molar refractivity (Wildman–Crippen MR) is 93.8 cm³/mol. The van der Waals surface area contributed by atoms with Gasteiger partial charge in [-0.15, -0.1) is 0 Å². The maximum Gasteiger partial charge on any atom is 0.238 e. The number of rotatable bonds is 7. The number of hydrogen-bond donors (Lipinski definition) is 0. The number of carbonyl (C=O) groups excluding carboxylic acids is 2. The molecule has 0 fully saturated rings. The summed E-state index contributed by atoms with van der Waals surface area (Å²) in [5.41, 5.74) is 0.0195. The van der Waals surface area contributed by atoms with Crippen molar-refractivity contribution in [3.05, 3.63) is 35.9 Å². The fraction of sp³-hybridized carbons (Fsp3) is 0.579. The van der Waals surface area contributed by atoms with E-state index >= 15 is 0 Å². The van der Waals surface area contributed by atoms with Crippen LogP contribution in [0, 0.1) is 5.41 Å². The summed E-state index contributed by atoms with van der Waals surface area (Å²) in [5, 5.41) is 0. The molecule has 128 valence electrons. The molecule has 4 heteroatoms. The van der Waals surface area contributed by atoms with Crippen molar-refractivity contribution in [3.8, 4) is 0 Å². The molecule has 0 aliphatic carbocycles. The summed E-state index contributed by atoms with van der Waals surface area (Å²) in [6, 6.07) is 9.92. The number of hydrogen-bond acceptors (Lipinski definition) is 2. The quantitative estimate of drug-likeness (QED) is 0.724. The zero-order valence-electron chi connectivity index (χ0n) is 15.3. The van der Waals surface area contributed by atoms with Crippen LogP contribution in [0.2, 0.25) is 0 Å². The van der Waals surface area contributed by atoms with Gasteiger partial charge in [-0.25, -0.2) is 0 Å². The first kappa shape index (κ1) is 19.2. The summed E-state index contributed by atoms with van der Waals surface area (Å²) in [6.07, 6.45) is 0. The van der Waals surface area contributed by atoms with Gasteiger partial charge in [-0.1, -0.05) is 30.3 Å². The topological polar surface area (TPSA) is 40.6 Å². The molecule has 0 N–H and O–H groups in total. The van der Waals surface area contributed by atoms with Gasteiger partial charge in [0.2, 0.25) is 11.8 Å². The third-order valence-corrected chi connectivity index (χ3v) is 4.20. The first-order valence-electron chi connectivity index (χ1n) is 8.40. The van der Waals surface area contributed by atoms with Crippen LogP contribution < -0.4 is 0 Å². The monoisotopic (exact) mass is 318 g/mol. The van der Waals surface area contributed by atoms with Crippen LogP contribution in [0.3, 0.4) is 0 Å². The van der Waals surface area contributed by atoms with E-state index in [1.54, 1.807) is 23.6 Å². The smallest absolute Gasteiger partial charge is 0.238 e. The Bertz CT molecular complexity index is 519. The normalized spacial score (nSPS) is 11.4. The molecule has 0 aliphatic heterocycles. The first-order chi connectivity index (χ1) is 10.8. The summed E-state index contributed by atoms with van der Waals surface area (Å²) in [5.74, 6) is -0.223. The van der Waals surface area contributed by atoms with Crippen molar-refractivity contribution in [1.29, 1.82) is 0 Å². The molecule has 0 heterocycles. The molecule has 0 bridgehead atoms. The van der Waals surface area contributed by atoms with Crippen LogP contribution in [0.5, 0.6) is 0 Å². The molecule has 1 aromatic rings.